The zero-order valence-electron chi connectivity index (χ0n) is 14.6. The summed E-state index contributed by atoms with van der Waals surface area (Å²) in [5.41, 5.74) is 1.10. The molecule has 0 unspecified atom stereocenters. The lowest BCUT2D eigenvalue weighted by molar-refractivity contribution is 0.395. The van der Waals surface area contributed by atoms with Crippen LogP contribution in [0.2, 0.25) is 15.2 Å². The van der Waals surface area contributed by atoms with Crippen LogP contribution in [0.25, 0.3) is 22.3 Å². The molecular weight excluding hydrogens is 411 g/mol. The van der Waals surface area contributed by atoms with Gasteiger partial charge in [0.2, 0.25) is 0 Å². The van der Waals surface area contributed by atoms with Crippen molar-refractivity contribution in [2.75, 3.05) is 32.2 Å². The zero-order chi connectivity index (χ0) is 19.1. The Balaban J connectivity index is 2.01. The third-order valence-electron chi connectivity index (χ3n) is 4.48. The second-order valence-corrected chi connectivity index (χ2v) is 7.16. The van der Waals surface area contributed by atoms with Gasteiger partial charge in [-0.2, -0.15) is 0 Å². The molecule has 9 heteroatoms. The summed E-state index contributed by atoms with van der Waals surface area (Å²) >= 11 is 19.2. The first-order valence-corrected chi connectivity index (χ1v) is 9.35. The predicted octanol–water partition coefficient (Wildman–Crippen LogP) is 4.88. The number of ether oxygens (including phenoxy) is 2. The number of hydrogen-bond acceptors (Lipinski definition) is 6. The molecule has 0 radical (unpaired) electrons. The molecule has 1 aliphatic rings. The summed E-state index contributed by atoms with van der Waals surface area (Å²) in [5, 5.41) is 1.86. The van der Waals surface area contributed by atoms with Crippen molar-refractivity contribution in [3.8, 4) is 22.9 Å². The van der Waals surface area contributed by atoms with Gasteiger partial charge in [0.05, 0.1) is 41.5 Å². The average molecular weight is 426 g/mol. The summed E-state index contributed by atoms with van der Waals surface area (Å²) in [4.78, 5) is 15.7. The Hall–Kier alpha value is -2.02. The van der Waals surface area contributed by atoms with Crippen LogP contribution in [0.4, 0.5) is 5.82 Å². The fourth-order valence-corrected chi connectivity index (χ4v) is 3.78. The van der Waals surface area contributed by atoms with Gasteiger partial charge >= 0.3 is 0 Å². The minimum atomic E-state index is 0.319. The fraction of sp³-hybridized carbons (Fsp3) is 0.278. The number of methoxy groups -OCH3 is 2. The van der Waals surface area contributed by atoms with E-state index in [0.717, 1.165) is 30.7 Å². The molecule has 4 rings (SSSR count). The smallest absolute Gasteiger partial charge is 0.165 e. The summed E-state index contributed by atoms with van der Waals surface area (Å²) < 4.78 is 10.7. The van der Waals surface area contributed by atoms with Crippen molar-refractivity contribution in [2.45, 2.75) is 6.42 Å². The first kappa shape index (κ1) is 18.3. The summed E-state index contributed by atoms with van der Waals surface area (Å²) in [6.07, 6.45) is 2.72. The number of rotatable bonds is 4. The van der Waals surface area contributed by atoms with Gasteiger partial charge in [-0.25, -0.2) is 15.0 Å². The second-order valence-electron chi connectivity index (χ2n) is 6.02. The van der Waals surface area contributed by atoms with E-state index in [4.69, 9.17) is 49.3 Å². The van der Waals surface area contributed by atoms with Crippen molar-refractivity contribution >= 4 is 51.5 Å². The lowest BCUT2D eigenvalue weighted by Crippen LogP contribution is -2.37. The van der Waals surface area contributed by atoms with Crippen LogP contribution in [0, 0.1) is 0 Å². The molecule has 3 aromatic rings. The quantitative estimate of drug-likeness (QED) is 0.555. The van der Waals surface area contributed by atoms with Gasteiger partial charge in [-0.05, 0) is 12.5 Å². The Morgan fingerprint density at radius 3 is 2.19 bits per heavy atom. The van der Waals surface area contributed by atoms with E-state index in [2.05, 4.69) is 14.9 Å². The molecule has 1 aromatic carbocycles. The molecule has 0 N–H and O–H groups in total. The molecule has 0 bridgehead atoms. The first-order chi connectivity index (χ1) is 13.0. The molecule has 1 aliphatic heterocycles. The Morgan fingerprint density at radius 1 is 0.963 bits per heavy atom. The highest BCUT2D eigenvalue weighted by Gasteiger charge is 2.25. The number of hydrogen-bond donors (Lipinski definition) is 0. The lowest BCUT2D eigenvalue weighted by atomic mass is 10.1. The molecule has 0 spiro atoms. The predicted molar refractivity (Wildman–Crippen MR) is 108 cm³/mol. The molecule has 0 aliphatic carbocycles. The summed E-state index contributed by atoms with van der Waals surface area (Å²) in [6.45, 7) is 1.82. The van der Waals surface area contributed by atoms with Crippen LogP contribution in [0.1, 0.15) is 6.42 Å². The Labute approximate surface area is 171 Å². The SMILES string of the molecule is COc1cc(OC)c(Cl)c(-c2nc(N3CCC3)c3cc(Cl)ncc3n2)c1Cl. The van der Waals surface area contributed by atoms with Crippen LogP contribution in [-0.4, -0.2) is 42.3 Å². The largest absolute Gasteiger partial charge is 0.495 e. The van der Waals surface area contributed by atoms with Gasteiger partial charge in [0.25, 0.3) is 0 Å². The van der Waals surface area contributed by atoms with E-state index in [1.807, 2.05) is 0 Å². The van der Waals surface area contributed by atoms with Crippen LogP contribution in [-0.2, 0) is 0 Å². The summed E-state index contributed by atoms with van der Waals surface area (Å²) in [7, 11) is 3.05. The number of nitrogens with zero attached hydrogens (tertiary/aromatic N) is 4. The zero-order valence-corrected chi connectivity index (χ0v) is 16.9. The molecule has 3 heterocycles. The molecule has 27 heavy (non-hydrogen) atoms. The highest BCUT2D eigenvalue weighted by molar-refractivity contribution is 6.41. The van der Waals surface area contributed by atoms with Gasteiger partial charge in [-0.15, -0.1) is 0 Å². The van der Waals surface area contributed by atoms with Crippen molar-refractivity contribution in [1.29, 1.82) is 0 Å². The third-order valence-corrected chi connectivity index (χ3v) is 5.44. The van der Waals surface area contributed by atoms with Gasteiger partial charge in [-0.3, -0.25) is 0 Å². The van der Waals surface area contributed by atoms with Crippen molar-refractivity contribution in [1.82, 2.24) is 15.0 Å². The molecule has 0 atom stereocenters. The normalized spacial score (nSPS) is 13.6. The Morgan fingerprint density at radius 2 is 1.63 bits per heavy atom. The van der Waals surface area contributed by atoms with E-state index in [1.165, 1.54) is 14.2 Å². The molecule has 2 aromatic heterocycles. The van der Waals surface area contributed by atoms with Gasteiger partial charge in [0.1, 0.15) is 22.5 Å². The van der Waals surface area contributed by atoms with E-state index in [9.17, 15) is 0 Å². The van der Waals surface area contributed by atoms with Crippen LogP contribution in [0.15, 0.2) is 18.3 Å². The highest BCUT2D eigenvalue weighted by atomic mass is 35.5. The van der Waals surface area contributed by atoms with Gasteiger partial charge in [-0.1, -0.05) is 34.8 Å². The third kappa shape index (κ3) is 3.12. The topological polar surface area (TPSA) is 60.4 Å². The maximum absolute atomic E-state index is 6.54. The van der Waals surface area contributed by atoms with E-state index in [-0.39, 0.29) is 0 Å². The number of anilines is 1. The minimum absolute atomic E-state index is 0.319. The minimum Gasteiger partial charge on any atom is -0.495 e. The van der Waals surface area contributed by atoms with Gasteiger partial charge < -0.3 is 14.4 Å². The van der Waals surface area contributed by atoms with E-state index in [0.29, 0.717) is 43.6 Å². The second kappa shape index (κ2) is 7.19. The number of pyridine rings is 1. The van der Waals surface area contributed by atoms with E-state index < -0.39 is 0 Å². The highest BCUT2D eigenvalue weighted by Crippen LogP contribution is 2.45. The van der Waals surface area contributed by atoms with Crippen molar-refractivity contribution in [2.24, 2.45) is 0 Å². The number of halogens is 3. The van der Waals surface area contributed by atoms with E-state index >= 15 is 0 Å². The molecule has 0 saturated carbocycles. The van der Waals surface area contributed by atoms with Gasteiger partial charge in [0, 0.05) is 24.5 Å². The number of fused-ring (bicyclic) bond motifs is 1. The van der Waals surface area contributed by atoms with Crippen molar-refractivity contribution in [3.63, 3.8) is 0 Å². The fourth-order valence-electron chi connectivity index (χ4n) is 2.95. The Kier molecular flexibility index (Phi) is 4.88. The molecule has 6 nitrogen and oxygen atoms in total. The maximum Gasteiger partial charge on any atom is 0.165 e. The maximum atomic E-state index is 6.54. The van der Waals surface area contributed by atoms with Crippen molar-refractivity contribution in [3.05, 3.63) is 33.5 Å². The molecule has 1 saturated heterocycles. The first-order valence-electron chi connectivity index (χ1n) is 8.22. The standard InChI is InChI=1S/C18H15Cl3N4O2/c1-26-11-7-12(27-2)16(21)14(15(11)20)17-23-10-8-22-13(19)6-9(10)18(24-17)25-4-3-5-25/h6-8H,3-5H2,1-2H3. The van der Waals surface area contributed by atoms with Gasteiger partial charge in [0.15, 0.2) is 5.82 Å². The lowest BCUT2D eigenvalue weighted by Gasteiger charge is -2.33. The van der Waals surface area contributed by atoms with Crippen LogP contribution < -0.4 is 14.4 Å². The van der Waals surface area contributed by atoms with E-state index in [1.54, 1.807) is 18.3 Å². The van der Waals surface area contributed by atoms with Crippen molar-refractivity contribution < 1.29 is 9.47 Å². The molecule has 0 amide bonds. The molecular formula is C18H15Cl3N4O2. The summed E-state index contributed by atoms with van der Waals surface area (Å²) in [6, 6.07) is 3.40. The number of benzene rings is 1. The Bertz CT molecular complexity index is 1010. The number of aromatic nitrogens is 3. The monoisotopic (exact) mass is 424 g/mol. The molecule has 1 fully saturated rings. The average Bonchev–Trinajstić information content (AvgIpc) is 2.61. The van der Waals surface area contributed by atoms with Crippen LogP contribution in [0.3, 0.4) is 0 Å². The molecule has 140 valence electrons. The summed E-state index contributed by atoms with van der Waals surface area (Å²) in [5.74, 6) is 2.01. The van der Waals surface area contributed by atoms with Crippen LogP contribution >= 0.6 is 34.8 Å². The van der Waals surface area contributed by atoms with Crippen LogP contribution in [0.5, 0.6) is 11.5 Å².